The van der Waals surface area contributed by atoms with Crippen LogP contribution < -0.4 is 15.8 Å². The molecule has 1 amide bonds. The van der Waals surface area contributed by atoms with Gasteiger partial charge in [-0.05, 0) is 32.9 Å². The predicted molar refractivity (Wildman–Crippen MR) is 80.8 cm³/mol. The first-order valence-electron chi connectivity index (χ1n) is 6.70. The minimum atomic E-state index is -0.759. The van der Waals surface area contributed by atoms with Crippen molar-refractivity contribution in [1.82, 2.24) is 5.32 Å². The van der Waals surface area contributed by atoms with E-state index in [4.69, 9.17) is 15.2 Å². The van der Waals surface area contributed by atoms with Crippen molar-refractivity contribution in [3.8, 4) is 5.75 Å². The van der Waals surface area contributed by atoms with Gasteiger partial charge in [0.25, 0.3) is 5.69 Å². The third-order valence-corrected chi connectivity index (χ3v) is 2.73. The van der Waals surface area contributed by atoms with E-state index in [9.17, 15) is 14.9 Å². The van der Waals surface area contributed by atoms with Crippen molar-refractivity contribution in [2.75, 3.05) is 13.7 Å². The number of alkyl carbamates (subject to hydrolysis) is 1. The Hall–Kier alpha value is -2.35. The number of nitrogens with one attached hydrogen (secondary N) is 1. The zero-order valence-electron chi connectivity index (χ0n) is 13.1. The average Bonchev–Trinajstić information content (AvgIpc) is 2.42. The fourth-order valence-corrected chi connectivity index (χ4v) is 1.82. The number of hydrogen-bond donors (Lipinski definition) is 2. The van der Waals surface area contributed by atoms with Crippen molar-refractivity contribution in [1.29, 1.82) is 0 Å². The molecule has 0 aromatic heterocycles. The van der Waals surface area contributed by atoms with E-state index in [0.717, 1.165) is 0 Å². The van der Waals surface area contributed by atoms with Gasteiger partial charge in [0.2, 0.25) is 0 Å². The molecule has 1 unspecified atom stereocenters. The number of benzene rings is 1. The molecule has 0 heterocycles. The van der Waals surface area contributed by atoms with E-state index in [0.29, 0.717) is 5.75 Å². The molecule has 22 heavy (non-hydrogen) atoms. The van der Waals surface area contributed by atoms with Gasteiger partial charge in [0, 0.05) is 12.6 Å². The molecule has 0 saturated carbocycles. The number of amides is 1. The summed E-state index contributed by atoms with van der Waals surface area (Å²) in [5.74, 6) is 0.435. The minimum Gasteiger partial charge on any atom is -0.497 e. The van der Waals surface area contributed by atoms with E-state index < -0.39 is 22.7 Å². The summed E-state index contributed by atoms with van der Waals surface area (Å²) in [6, 6.07) is 3.51. The number of carbonyl (C=O) groups is 1. The van der Waals surface area contributed by atoms with Crippen molar-refractivity contribution in [3.05, 3.63) is 33.9 Å². The molecule has 1 atom stereocenters. The predicted octanol–water partition coefficient (Wildman–Crippen LogP) is 2.13. The number of nitro benzene ring substituents is 1. The van der Waals surface area contributed by atoms with Gasteiger partial charge in [-0.2, -0.15) is 0 Å². The monoisotopic (exact) mass is 311 g/mol. The number of nitrogens with two attached hydrogens (primary N) is 1. The molecular formula is C14H21N3O5. The van der Waals surface area contributed by atoms with Gasteiger partial charge in [-0.1, -0.05) is 0 Å². The van der Waals surface area contributed by atoms with Crippen LogP contribution in [-0.2, 0) is 4.74 Å². The number of hydrogen-bond acceptors (Lipinski definition) is 6. The van der Waals surface area contributed by atoms with Crippen LogP contribution in [-0.4, -0.2) is 30.3 Å². The Morgan fingerprint density at radius 3 is 2.55 bits per heavy atom. The highest BCUT2D eigenvalue weighted by molar-refractivity contribution is 5.69. The number of rotatable bonds is 5. The summed E-state index contributed by atoms with van der Waals surface area (Å²) < 4.78 is 10.2. The Balaban J connectivity index is 3.08. The van der Waals surface area contributed by atoms with Crippen LogP contribution in [0.5, 0.6) is 5.75 Å². The smallest absolute Gasteiger partial charge is 0.408 e. The summed E-state index contributed by atoms with van der Waals surface area (Å²) in [6.07, 6.45) is -0.694. The number of nitrogens with zero attached hydrogens (tertiary/aromatic N) is 1. The Kier molecular flexibility index (Phi) is 5.69. The summed E-state index contributed by atoms with van der Waals surface area (Å²) in [6.45, 7) is 5.14. The lowest BCUT2D eigenvalue weighted by Crippen LogP contribution is -2.38. The molecule has 122 valence electrons. The van der Waals surface area contributed by atoms with Gasteiger partial charge in [0.05, 0.1) is 23.6 Å². The first-order chi connectivity index (χ1) is 10.2. The maximum atomic E-state index is 11.8. The van der Waals surface area contributed by atoms with Crippen molar-refractivity contribution < 1.29 is 19.2 Å². The largest absolute Gasteiger partial charge is 0.497 e. The zero-order chi connectivity index (χ0) is 16.9. The van der Waals surface area contributed by atoms with Crippen LogP contribution in [0.25, 0.3) is 0 Å². The molecule has 0 bridgehead atoms. The molecule has 1 rings (SSSR count). The fraction of sp³-hybridized carbons (Fsp3) is 0.500. The summed E-state index contributed by atoms with van der Waals surface area (Å²) in [4.78, 5) is 22.4. The molecule has 0 radical (unpaired) electrons. The first kappa shape index (κ1) is 17.7. The van der Waals surface area contributed by atoms with Crippen molar-refractivity contribution >= 4 is 11.8 Å². The molecule has 0 spiro atoms. The highest BCUT2D eigenvalue weighted by Gasteiger charge is 2.25. The van der Waals surface area contributed by atoms with Crippen LogP contribution in [0, 0.1) is 10.1 Å². The van der Waals surface area contributed by atoms with Gasteiger partial charge < -0.3 is 20.5 Å². The summed E-state index contributed by atoms with van der Waals surface area (Å²) in [7, 11) is 1.45. The Labute approximate surface area is 128 Å². The second-order valence-corrected chi connectivity index (χ2v) is 5.62. The average molecular weight is 311 g/mol. The standard InChI is InChI=1S/C14H21N3O5/c1-14(2,3)22-13(18)16-11(8-15)10-7-9(21-4)5-6-12(10)17(19)20/h5-7,11H,8,15H2,1-4H3,(H,16,18). The molecule has 0 aliphatic heterocycles. The highest BCUT2D eigenvalue weighted by Crippen LogP contribution is 2.29. The summed E-state index contributed by atoms with van der Waals surface area (Å²) in [5, 5.41) is 13.7. The first-order valence-corrected chi connectivity index (χ1v) is 6.70. The number of carbonyl (C=O) groups excluding carboxylic acids is 1. The molecule has 1 aromatic carbocycles. The van der Waals surface area contributed by atoms with E-state index in [1.54, 1.807) is 20.8 Å². The molecular weight excluding hydrogens is 290 g/mol. The van der Waals surface area contributed by atoms with Crippen molar-refractivity contribution in [2.45, 2.75) is 32.4 Å². The van der Waals surface area contributed by atoms with Crippen LogP contribution in [0.15, 0.2) is 18.2 Å². The molecule has 0 aliphatic carbocycles. The Morgan fingerprint density at radius 1 is 1.45 bits per heavy atom. The van der Waals surface area contributed by atoms with E-state index in [1.165, 1.54) is 25.3 Å². The van der Waals surface area contributed by atoms with Gasteiger partial charge in [0.15, 0.2) is 0 Å². The zero-order valence-corrected chi connectivity index (χ0v) is 13.1. The lowest BCUT2D eigenvalue weighted by atomic mass is 10.0. The second-order valence-electron chi connectivity index (χ2n) is 5.62. The van der Waals surface area contributed by atoms with Crippen LogP contribution in [0.1, 0.15) is 32.4 Å². The molecule has 8 nitrogen and oxygen atoms in total. The SMILES string of the molecule is COc1ccc([N+](=O)[O-])c(C(CN)NC(=O)OC(C)(C)C)c1. The maximum Gasteiger partial charge on any atom is 0.408 e. The Morgan fingerprint density at radius 2 is 2.09 bits per heavy atom. The van der Waals surface area contributed by atoms with Gasteiger partial charge in [-0.3, -0.25) is 10.1 Å². The fourth-order valence-electron chi connectivity index (χ4n) is 1.82. The second kappa shape index (κ2) is 7.08. The molecule has 1 aromatic rings. The van der Waals surface area contributed by atoms with Crippen LogP contribution in [0.2, 0.25) is 0 Å². The third kappa shape index (κ3) is 4.88. The number of ether oxygens (including phenoxy) is 2. The van der Waals surface area contributed by atoms with E-state index in [-0.39, 0.29) is 17.8 Å². The molecule has 0 saturated heterocycles. The Bertz CT molecular complexity index is 554. The number of nitro groups is 1. The van der Waals surface area contributed by atoms with Crippen LogP contribution in [0.4, 0.5) is 10.5 Å². The highest BCUT2D eigenvalue weighted by atomic mass is 16.6. The van der Waals surface area contributed by atoms with Crippen molar-refractivity contribution in [3.63, 3.8) is 0 Å². The van der Waals surface area contributed by atoms with Crippen LogP contribution in [0.3, 0.4) is 0 Å². The number of methoxy groups -OCH3 is 1. The lowest BCUT2D eigenvalue weighted by Gasteiger charge is -2.23. The van der Waals surface area contributed by atoms with Crippen molar-refractivity contribution in [2.24, 2.45) is 5.73 Å². The lowest BCUT2D eigenvalue weighted by molar-refractivity contribution is -0.385. The maximum absolute atomic E-state index is 11.8. The topological polar surface area (TPSA) is 117 Å². The van der Waals surface area contributed by atoms with Crippen LogP contribution >= 0.6 is 0 Å². The summed E-state index contributed by atoms with van der Waals surface area (Å²) in [5.41, 5.74) is 5.08. The van der Waals surface area contributed by atoms with E-state index >= 15 is 0 Å². The molecule has 0 aliphatic rings. The van der Waals surface area contributed by atoms with Gasteiger partial charge in [-0.15, -0.1) is 0 Å². The van der Waals surface area contributed by atoms with E-state index in [1.807, 2.05) is 0 Å². The minimum absolute atomic E-state index is 0.0206. The third-order valence-electron chi connectivity index (χ3n) is 2.73. The molecule has 3 N–H and O–H groups in total. The molecule has 8 heteroatoms. The molecule has 0 fully saturated rings. The quantitative estimate of drug-likeness (QED) is 0.635. The summed E-state index contributed by atoms with van der Waals surface area (Å²) >= 11 is 0. The van der Waals surface area contributed by atoms with E-state index in [2.05, 4.69) is 5.32 Å². The normalized spacial score (nSPS) is 12.4. The van der Waals surface area contributed by atoms with Gasteiger partial charge in [-0.25, -0.2) is 4.79 Å². The van der Waals surface area contributed by atoms with Gasteiger partial charge in [0.1, 0.15) is 11.4 Å². The van der Waals surface area contributed by atoms with Gasteiger partial charge >= 0.3 is 6.09 Å².